The van der Waals surface area contributed by atoms with Crippen molar-refractivity contribution in [3.63, 3.8) is 0 Å². The Morgan fingerprint density at radius 1 is 1.07 bits per heavy atom. The first-order chi connectivity index (χ1) is 13.1. The average molecular weight is 440 g/mol. The highest BCUT2D eigenvalue weighted by atomic mass is 35.5. The van der Waals surface area contributed by atoms with Crippen molar-refractivity contribution < 1.29 is 4.21 Å². The highest BCUT2D eigenvalue weighted by Crippen LogP contribution is 2.32. The Bertz CT molecular complexity index is 1010. The van der Waals surface area contributed by atoms with Crippen molar-refractivity contribution in [2.45, 2.75) is 10.8 Å². The second-order valence-corrected chi connectivity index (χ2v) is 9.31. The summed E-state index contributed by atoms with van der Waals surface area (Å²) >= 11 is 14.0. The first-order valence-electron chi connectivity index (χ1n) is 8.26. The van der Waals surface area contributed by atoms with E-state index in [4.69, 9.17) is 23.2 Å². The quantitative estimate of drug-likeness (QED) is 0.349. The topological polar surface area (TPSA) is 71.9 Å². The molecule has 0 bridgehead atoms. The minimum absolute atomic E-state index is 0.151. The van der Waals surface area contributed by atoms with Crippen LogP contribution >= 0.6 is 35.0 Å². The number of hydrogen-bond acceptors (Lipinski definition) is 7. The average Bonchev–Trinajstić information content (AvgIpc) is 2.67. The third kappa shape index (κ3) is 4.18. The van der Waals surface area contributed by atoms with Gasteiger partial charge in [-0.2, -0.15) is 4.98 Å². The molecular formula is C17H15Cl2N5OS2. The van der Waals surface area contributed by atoms with Crippen molar-refractivity contribution in [2.75, 3.05) is 29.5 Å². The Labute approximate surface area is 173 Å². The lowest BCUT2D eigenvalue weighted by Gasteiger charge is -2.27. The Balaban J connectivity index is 1.68. The summed E-state index contributed by atoms with van der Waals surface area (Å²) in [4.78, 5) is 19.6. The van der Waals surface area contributed by atoms with Crippen LogP contribution in [-0.2, 0) is 16.6 Å². The lowest BCUT2D eigenvalue weighted by Crippen LogP contribution is -2.38. The maximum absolute atomic E-state index is 11.7. The van der Waals surface area contributed by atoms with Gasteiger partial charge in [-0.15, -0.1) is 0 Å². The van der Waals surface area contributed by atoms with E-state index >= 15 is 0 Å². The number of anilines is 1. The molecule has 3 aromatic rings. The SMILES string of the molecule is O=S1CCN(c2nc(Cl)nc3c(SCc4ccccc4Cl)ncnc23)CC1. The van der Waals surface area contributed by atoms with Crippen LogP contribution < -0.4 is 4.90 Å². The molecule has 1 aliphatic heterocycles. The molecule has 0 N–H and O–H groups in total. The second kappa shape index (κ2) is 8.26. The van der Waals surface area contributed by atoms with Crippen molar-refractivity contribution in [2.24, 2.45) is 0 Å². The van der Waals surface area contributed by atoms with Gasteiger partial charge in [-0.05, 0) is 23.2 Å². The van der Waals surface area contributed by atoms with Crippen LogP contribution in [0.4, 0.5) is 5.82 Å². The first kappa shape index (κ1) is 18.9. The molecule has 1 aromatic carbocycles. The number of rotatable bonds is 4. The Morgan fingerprint density at radius 3 is 2.63 bits per heavy atom. The van der Waals surface area contributed by atoms with Crippen LogP contribution in [0.3, 0.4) is 0 Å². The van der Waals surface area contributed by atoms with E-state index in [-0.39, 0.29) is 5.28 Å². The predicted molar refractivity (Wildman–Crippen MR) is 111 cm³/mol. The van der Waals surface area contributed by atoms with Crippen LogP contribution in [0.2, 0.25) is 10.3 Å². The molecule has 1 saturated heterocycles. The van der Waals surface area contributed by atoms with E-state index in [1.165, 1.54) is 18.1 Å². The highest BCUT2D eigenvalue weighted by Gasteiger charge is 2.22. The van der Waals surface area contributed by atoms with Gasteiger partial charge in [0.2, 0.25) is 5.28 Å². The zero-order valence-electron chi connectivity index (χ0n) is 14.1. The molecule has 1 fully saturated rings. The summed E-state index contributed by atoms with van der Waals surface area (Å²) in [6, 6.07) is 7.71. The number of fused-ring (bicyclic) bond motifs is 1. The molecule has 0 amide bonds. The number of halogens is 2. The van der Waals surface area contributed by atoms with Crippen molar-refractivity contribution in [1.29, 1.82) is 0 Å². The van der Waals surface area contributed by atoms with Crippen molar-refractivity contribution in [1.82, 2.24) is 19.9 Å². The molecule has 140 valence electrons. The van der Waals surface area contributed by atoms with Gasteiger partial charge in [-0.3, -0.25) is 4.21 Å². The van der Waals surface area contributed by atoms with Gasteiger partial charge in [0.1, 0.15) is 22.4 Å². The number of aromatic nitrogens is 4. The van der Waals surface area contributed by atoms with Gasteiger partial charge < -0.3 is 4.90 Å². The fraction of sp³-hybridized carbons (Fsp3) is 0.294. The van der Waals surface area contributed by atoms with E-state index in [1.54, 1.807) is 0 Å². The third-order valence-electron chi connectivity index (χ3n) is 4.20. The molecule has 0 spiro atoms. The summed E-state index contributed by atoms with van der Waals surface area (Å²) in [5, 5.41) is 1.60. The Kier molecular flexibility index (Phi) is 5.77. The summed E-state index contributed by atoms with van der Waals surface area (Å²) in [7, 11) is -0.772. The largest absolute Gasteiger partial charge is 0.353 e. The summed E-state index contributed by atoms with van der Waals surface area (Å²) in [6.45, 7) is 1.31. The molecule has 4 rings (SSSR count). The van der Waals surface area contributed by atoms with Gasteiger partial charge in [-0.1, -0.05) is 41.6 Å². The molecule has 27 heavy (non-hydrogen) atoms. The molecule has 0 saturated carbocycles. The molecule has 6 nitrogen and oxygen atoms in total. The van der Waals surface area contributed by atoms with Gasteiger partial charge in [0.05, 0.1) is 0 Å². The standard InChI is InChI=1S/C17H15Cl2N5OS2/c18-12-4-2-1-3-11(12)9-26-16-14-13(20-10-21-16)15(23-17(19)22-14)24-5-7-27(25)8-6-24/h1-4,10H,5-9H2. The Hall–Kier alpha value is -1.48. The van der Waals surface area contributed by atoms with Crippen LogP contribution in [0.25, 0.3) is 11.0 Å². The van der Waals surface area contributed by atoms with E-state index in [2.05, 4.69) is 24.8 Å². The van der Waals surface area contributed by atoms with E-state index in [0.717, 1.165) is 15.6 Å². The smallest absolute Gasteiger partial charge is 0.225 e. The summed E-state index contributed by atoms with van der Waals surface area (Å²) < 4.78 is 11.7. The zero-order valence-corrected chi connectivity index (χ0v) is 17.3. The maximum Gasteiger partial charge on any atom is 0.225 e. The van der Waals surface area contributed by atoms with E-state index in [0.29, 0.717) is 47.2 Å². The highest BCUT2D eigenvalue weighted by molar-refractivity contribution is 7.98. The molecule has 0 atom stereocenters. The lowest BCUT2D eigenvalue weighted by atomic mass is 10.2. The monoisotopic (exact) mass is 439 g/mol. The van der Waals surface area contributed by atoms with Gasteiger partial charge in [0.15, 0.2) is 5.82 Å². The van der Waals surface area contributed by atoms with Crippen LogP contribution in [0, 0.1) is 0 Å². The van der Waals surface area contributed by atoms with Gasteiger partial charge in [-0.25, -0.2) is 15.0 Å². The van der Waals surface area contributed by atoms with E-state index in [9.17, 15) is 4.21 Å². The fourth-order valence-electron chi connectivity index (χ4n) is 2.82. The number of thioether (sulfide) groups is 1. The molecule has 10 heteroatoms. The molecule has 0 aliphatic carbocycles. The van der Waals surface area contributed by atoms with Gasteiger partial charge in [0, 0.05) is 46.2 Å². The van der Waals surface area contributed by atoms with Crippen LogP contribution in [0.15, 0.2) is 35.6 Å². The van der Waals surface area contributed by atoms with Gasteiger partial charge in [0.25, 0.3) is 0 Å². The Morgan fingerprint density at radius 2 is 1.85 bits per heavy atom. The third-order valence-corrected chi connectivity index (χ3v) is 7.04. The maximum atomic E-state index is 11.7. The van der Waals surface area contributed by atoms with Crippen molar-refractivity contribution in [3.8, 4) is 0 Å². The minimum atomic E-state index is -0.772. The molecule has 3 heterocycles. The molecule has 1 aliphatic rings. The second-order valence-electron chi connectivity index (χ2n) is 5.91. The fourth-order valence-corrected chi connectivity index (χ4v) is 5.27. The predicted octanol–water partition coefficient (Wildman–Crippen LogP) is 3.59. The number of benzene rings is 1. The van der Waals surface area contributed by atoms with Crippen LogP contribution in [-0.4, -0.2) is 48.7 Å². The normalized spacial score (nSPS) is 15.4. The molecule has 0 unspecified atom stereocenters. The summed E-state index contributed by atoms with van der Waals surface area (Å²) in [5.74, 6) is 2.56. The zero-order chi connectivity index (χ0) is 18.8. The van der Waals surface area contributed by atoms with Crippen molar-refractivity contribution >= 4 is 62.6 Å². The molecule has 2 aromatic heterocycles. The van der Waals surface area contributed by atoms with Crippen molar-refractivity contribution in [3.05, 3.63) is 46.5 Å². The lowest BCUT2D eigenvalue weighted by molar-refractivity contribution is 0.672. The first-order valence-corrected chi connectivity index (χ1v) is 11.5. The molecule has 0 radical (unpaired) electrons. The number of nitrogens with zero attached hydrogens (tertiary/aromatic N) is 5. The van der Waals surface area contributed by atoms with Crippen LogP contribution in [0.1, 0.15) is 5.56 Å². The minimum Gasteiger partial charge on any atom is -0.353 e. The summed E-state index contributed by atoms with van der Waals surface area (Å²) in [6.07, 6.45) is 1.51. The van der Waals surface area contributed by atoms with E-state index in [1.807, 2.05) is 24.3 Å². The molecular weight excluding hydrogens is 425 g/mol. The van der Waals surface area contributed by atoms with E-state index < -0.39 is 10.8 Å². The van der Waals surface area contributed by atoms with Gasteiger partial charge >= 0.3 is 0 Å². The van der Waals surface area contributed by atoms with Crippen LogP contribution in [0.5, 0.6) is 0 Å². The summed E-state index contributed by atoms with van der Waals surface area (Å²) in [5.41, 5.74) is 2.30. The number of hydrogen-bond donors (Lipinski definition) is 0.